The van der Waals surface area contributed by atoms with Crippen molar-refractivity contribution in [2.45, 2.75) is 51.0 Å². The Kier molecular flexibility index (Phi) is 3.05. The quantitative estimate of drug-likeness (QED) is 0.827. The maximum Gasteiger partial charge on any atom is 0.231 e. The molecule has 4 heteroatoms. The van der Waals surface area contributed by atoms with Crippen LogP contribution in [0.25, 0.3) is 0 Å². The number of hydrogen-bond donors (Lipinski definition) is 1. The molecule has 0 bridgehead atoms. The lowest BCUT2D eigenvalue weighted by Gasteiger charge is -2.14. The standard InChI is InChI=1S/C11H19N3O/c1-7(2)10-13-11(15-14-10)8-5-4-6-9(8)12-3/h7-9,12H,4-6H2,1-3H3/t8-,9-/m1/s1. The molecular formula is C11H19N3O. The predicted molar refractivity (Wildman–Crippen MR) is 57.8 cm³/mol. The molecule has 84 valence electrons. The van der Waals surface area contributed by atoms with E-state index >= 15 is 0 Å². The van der Waals surface area contributed by atoms with Crippen LogP contribution in [0, 0.1) is 0 Å². The van der Waals surface area contributed by atoms with Crippen LogP contribution in [0.5, 0.6) is 0 Å². The SMILES string of the molecule is CN[C@@H]1CCC[C@H]1c1nc(C(C)C)no1. The van der Waals surface area contributed by atoms with Crippen molar-refractivity contribution in [3.63, 3.8) is 0 Å². The maximum absolute atomic E-state index is 5.34. The van der Waals surface area contributed by atoms with E-state index < -0.39 is 0 Å². The van der Waals surface area contributed by atoms with Gasteiger partial charge in [-0.15, -0.1) is 0 Å². The molecule has 15 heavy (non-hydrogen) atoms. The van der Waals surface area contributed by atoms with Gasteiger partial charge < -0.3 is 9.84 Å². The Bertz CT molecular complexity index is 321. The van der Waals surface area contributed by atoms with E-state index in [1.165, 1.54) is 12.8 Å². The minimum Gasteiger partial charge on any atom is -0.339 e. The molecule has 0 aromatic carbocycles. The first-order valence-corrected chi connectivity index (χ1v) is 5.73. The third kappa shape index (κ3) is 2.04. The van der Waals surface area contributed by atoms with Crippen LogP contribution in [0.15, 0.2) is 4.52 Å². The molecule has 2 rings (SSSR count). The van der Waals surface area contributed by atoms with Gasteiger partial charge in [-0.1, -0.05) is 25.4 Å². The van der Waals surface area contributed by atoms with Crippen LogP contribution in [-0.2, 0) is 0 Å². The van der Waals surface area contributed by atoms with Crippen LogP contribution < -0.4 is 5.32 Å². The van der Waals surface area contributed by atoms with Crippen molar-refractivity contribution in [1.29, 1.82) is 0 Å². The van der Waals surface area contributed by atoms with Crippen molar-refractivity contribution in [2.75, 3.05) is 7.05 Å². The summed E-state index contributed by atoms with van der Waals surface area (Å²) in [6.07, 6.45) is 3.61. The van der Waals surface area contributed by atoms with Crippen molar-refractivity contribution >= 4 is 0 Å². The number of hydrogen-bond acceptors (Lipinski definition) is 4. The van der Waals surface area contributed by atoms with Crippen LogP contribution in [0.2, 0.25) is 0 Å². The van der Waals surface area contributed by atoms with E-state index in [2.05, 4.69) is 29.3 Å². The van der Waals surface area contributed by atoms with Crippen molar-refractivity contribution in [3.8, 4) is 0 Å². The molecule has 1 saturated carbocycles. The zero-order chi connectivity index (χ0) is 10.8. The van der Waals surface area contributed by atoms with E-state index in [9.17, 15) is 0 Å². The lowest BCUT2D eigenvalue weighted by molar-refractivity contribution is 0.331. The normalized spacial score (nSPS) is 26.4. The predicted octanol–water partition coefficient (Wildman–Crippen LogP) is 2.05. The van der Waals surface area contributed by atoms with Crippen LogP contribution in [0.3, 0.4) is 0 Å². The lowest BCUT2D eigenvalue weighted by Crippen LogP contribution is -2.27. The largest absolute Gasteiger partial charge is 0.339 e. The molecule has 0 unspecified atom stereocenters. The topological polar surface area (TPSA) is 51.0 Å². The highest BCUT2D eigenvalue weighted by molar-refractivity contribution is 5.03. The van der Waals surface area contributed by atoms with Gasteiger partial charge >= 0.3 is 0 Å². The summed E-state index contributed by atoms with van der Waals surface area (Å²) < 4.78 is 5.34. The third-order valence-corrected chi connectivity index (χ3v) is 3.18. The summed E-state index contributed by atoms with van der Waals surface area (Å²) in [5, 5.41) is 7.34. The van der Waals surface area contributed by atoms with Crippen molar-refractivity contribution in [3.05, 3.63) is 11.7 Å². The van der Waals surface area contributed by atoms with Crippen molar-refractivity contribution in [1.82, 2.24) is 15.5 Å². The zero-order valence-electron chi connectivity index (χ0n) is 9.66. The molecule has 1 aromatic rings. The Labute approximate surface area is 90.4 Å². The summed E-state index contributed by atoms with van der Waals surface area (Å²) >= 11 is 0. The smallest absolute Gasteiger partial charge is 0.231 e. The van der Waals surface area contributed by atoms with E-state index in [4.69, 9.17) is 4.52 Å². The molecule has 1 fully saturated rings. The Hall–Kier alpha value is -0.900. The van der Waals surface area contributed by atoms with E-state index in [-0.39, 0.29) is 0 Å². The van der Waals surface area contributed by atoms with Gasteiger partial charge in [-0.2, -0.15) is 4.98 Å². The summed E-state index contributed by atoms with van der Waals surface area (Å²) in [6, 6.07) is 0.505. The van der Waals surface area contributed by atoms with Crippen LogP contribution in [0.4, 0.5) is 0 Å². The Morgan fingerprint density at radius 3 is 2.80 bits per heavy atom. The molecule has 0 saturated heterocycles. The van der Waals surface area contributed by atoms with Crippen LogP contribution in [-0.4, -0.2) is 23.2 Å². The molecule has 1 N–H and O–H groups in total. The van der Waals surface area contributed by atoms with Crippen molar-refractivity contribution in [2.24, 2.45) is 0 Å². The summed E-state index contributed by atoms with van der Waals surface area (Å²) in [4.78, 5) is 4.47. The third-order valence-electron chi connectivity index (χ3n) is 3.18. The Balaban J connectivity index is 2.14. The second-order valence-electron chi connectivity index (χ2n) is 4.58. The monoisotopic (exact) mass is 209 g/mol. The Morgan fingerprint density at radius 1 is 1.40 bits per heavy atom. The zero-order valence-corrected chi connectivity index (χ0v) is 9.66. The van der Waals surface area contributed by atoms with Gasteiger partial charge in [-0.25, -0.2) is 0 Å². The fraction of sp³-hybridized carbons (Fsp3) is 0.818. The van der Waals surface area contributed by atoms with Gasteiger partial charge in [0.25, 0.3) is 0 Å². The summed E-state index contributed by atoms with van der Waals surface area (Å²) in [5.74, 6) is 2.40. The second-order valence-corrected chi connectivity index (χ2v) is 4.58. The molecule has 1 aromatic heterocycles. The number of nitrogens with one attached hydrogen (secondary N) is 1. The molecule has 0 radical (unpaired) electrons. The second kappa shape index (κ2) is 4.31. The molecule has 0 amide bonds. The van der Waals surface area contributed by atoms with Gasteiger partial charge in [0.2, 0.25) is 5.89 Å². The average Bonchev–Trinajstić information content (AvgIpc) is 2.85. The summed E-state index contributed by atoms with van der Waals surface area (Å²) in [5.41, 5.74) is 0. The summed E-state index contributed by atoms with van der Waals surface area (Å²) in [6.45, 7) is 4.16. The van der Waals surface area contributed by atoms with Crippen LogP contribution >= 0.6 is 0 Å². The molecule has 0 aliphatic heterocycles. The average molecular weight is 209 g/mol. The van der Waals surface area contributed by atoms with Crippen molar-refractivity contribution < 1.29 is 4.52 Å². The molecule has 1 heterocycles. The maximum atomic E-state index is 5.34. The highest BCUT2D eigenvalue weighted by Crippen LogP contribution is 2.33. The molecule has 1 aliphatic rings. The molecule has 1 aliphatic carbocycles. The minimum absolute atomic E-state index is 0.344. The fourth-order valence-corrected chi connectivity index (χ4v) is 2.23. The number of likely N-dealkylation sites (N-methyl/N-ethyl adjacent to an activating group) is 1. The fourth-order valence-electron chi connectivity index (χ4n) is 2.23. The lowest BCUT2D eigenvalue weighted by atomic mass is 10.0. The number of rotatable bonds is 3. The number of aromatic nitrogens is 2. The molecule has 4 nitrogen and oxygen atoms in total. The van der Waals surface area contributed by atoms with Gasteiger partial charge in [0, 0.05) is 12.0 Å². The summed E-state index contributed by atoms with van der Waals surface area (Å²) in [7, 11) is 2.00. The highest BCUT2D eigenvalue weighted by Gasteiger charge is 2.31. The van der Waals surface area contributed by atoms with Gasteiger partial charge in [0.15, 0.2) is 5.82 Å². The first-order valence-electron chi connectivity index (χ1n) is 5.73. The van der Waals surface area contributed by atoms with Gasteiger partial charge in [0.05, 0.1) is 5.92 Å². The van der Waals surface area contributed by atoms with Crippen LogP contribution in [0.1, 0.15) is 56.7 Å². The number of nitrogens with zero attached hydrogens (tertiary/aromatic N) is 2. The van der Waals surface area contributed by atoms with Gasteiger partial charge in [-0.3, -0.25) is 0 Å². The molecular weight excluding hydrogens is 190 g/mol. The van der Waals surface area contributed by atoms with E-state index in [0.717, 1.165) is 18.1 Å². The van der Waals surface area contributed by atoms with E-state index in [1.807, 2.05) is 7.05 Å². The van der Waals surface area contributed by atoms with E-state index in [1.54, 1.807) is 0 Å². The van der Waals surface area contributed by atoms with Gasteiger partial charge in [-0.05, 0) is 19.9 Å². The molecule has 2 atom stereocenters. The first-order chi connectivity index (χ1) is 7.22. The van der Waals surface area contributed by atoms with E-state index in [0.29, 0.717) is 17.9 Å². The van der Waals surface area contributed by atoms with Gasteiger partial charge in [0.1, 0.15) is 0 Å². The minimum atomic E-state index is 0.344. The first kappa shape index (κ1) is 10.6. The molecule has 0 spiro atoms. The highest BCUT2D eigenvalue weighted by atomic mass is 16.5. The Morgan fingerprint density at radius 2 is 2.20 bits per heavy atom.